The number of hydrogen-bond donors (Lipinski definition) is 1. The van der Waals surface area contributed by atoms with E-state index in [-0.39, 0.29) is 5.91 Å². The molecule has 1 fully saturated rings. The molecule has 0 bridgehead atoms. The first-order valence-corrected chi connectivity index (χ1v) is 12.6. The molecule has 0 saturated carbocycles. The highest BCUT2D eigenvalue weighted by molar-refractivity contribution is 7.16. The summed E-state index contributed by atoms with van der Waals surface area (Å²) in [5, 5.41) is 4.10. The van der Waals surface area contributed by atoms with Gasteiger partial charge in [0.1, 0.15) is 17.5 Å². The second-order valence-corrected chi connectivity index (χ2v) is 9.59. The van der Waals surface area contributed by atoms with E-state index in [1.165, 1.54) is 11.1 Å². The zero-order valence-electron chi connectivity index (χ0n) is 20.2. The van der Waals surface area contributed by atoms with Crippen LogP contribution in [0.4, 0.5) is 16.8 Å². The standard InChI is InChI=1S/C27H30N6OS/c1-4-5-6-10-26(34)33-15-13-32(14-16-33)25-18-24(29-21(3)30-25)31-27-28-19-23(35-27)12-11-22-9-7-8-20(2)17-22/h1,7-9,11-12,17-19H,5-6,10,13-16H2,2-3H3,(H,28,29,30,31)/b12-11+. The third kappa shape index (κ3) is 6.90. The first-order valence-electron chi connectivity index (χ1n) is 11.8. The number of rotatable bonds is 8. The fourth-order valence-corrected chi connectivity index (χ4v) is 4.67. The van der Waals surface area contributed by atoms with E-state index < -0.39 is 0 Å². The summed E-state index contributed by atoms with van der Waals surface area (Å²) in [4.78, 5) is 31.2. The van der Waals surface area contributed by atoms with Gasteiger partial charge in [-0.15, -0.1) is 12.3 Å². The number of carbonyl (C=O) groups is 1. The smallest absolute Gasteiger partial charge is 0.222 e. The molecule has 0 aliphatic carbocycles. The van der Waals surface area contributed by atoms with Crippen LogP contribution < -0.4 is 10.2 Å². The van der Waals surface area contributed by atoms with Gasteiger partial charge in [0.05, 0.1) is 0 Å². The molecule has 8 heteroatoms. The molecule has 180 valence electrons. The molecule has 3 aromatic rings. The second kappa shape index (κ2) is 11.6. The molecule has 1 N–H and O–H groups in total. The summed E-state index contributed by atoms with van der Waals surface area (Å²) >= 11 is 1.57. The van der Waals surface area contributed by atoms with Gasteiger partial charge in [-0.2, -0.15) is 0 Å². The van der Waals surface area contributed by atoms with Crippen molar-refractivity contribution >= 4 is 46.2 Å². The number of aromatic nitrogens is 3. The fourth-order valence-electron chi connectivity index (χ4n) is 3.95. The minimum Gasteiger partial charge on any atom is -0.353 e. The molecule has 0 spiro atoms. The highest BCUT2D eigenvalue weighted by atomic mass is 32.1. The van der Waals surface area contributed by atoms with Crippen LogP contribution in [0.25, 0.3) is 12.2 Å². The van der Waals surface area contributed by atoms with Crippen molar-refractivity contribution in [3.8, 4) is 12.3 Å². The Labute approximate surface area is 210 Å². The molecular weight excluding hydrogens is 456 g/mol. The van der Waals surface area contributed by atoms with Crippen LogP contribution in [0, 0.1) is 26.2 Å². The van der Waals surface area contributed by atoms with E-state index in [2.05, 4.69) is 74.4 Å². The second-order valence-electron chi connectivity index (χ2n) is 8.52. The Balaban J connectivity index is 1.36. The molecule has 35 heavy (non-hydrogen) atoms. The monoisotopic (exact) mass is 486 g/mol. The van der Waals surface area contributed by atoms with Gasteiger partial charge in [0.25, 0.3) is 0 Å². The first kappa shape index (κ1) is 24.4. The van der Waals surface area contributed by atoms with Crippen molar-refractivity contribution in [2.75, 3.05) is 36.4 Å². The minimum atomic E-state index is 0.178. The van der Waals surface area contributed by atoms with Crippen LogP contribution in [0.3, 0.4) is 0 Å². The summed E-state index contributed by atoms with van der Waals surface area (Å²) in [5.41, 5.74) is 2.40. The van der Waals surface area contributed by atoms with Gasteiger partial charge in [-0.25, -0.2) is 15.0 Å². The maximum atomic E-state index is 12.4. The molecule has 0 atom stereocenters. The number of benzene rings is 1. The van der Waals surface area contributed by atoms with E-state index >= 15 is 0 Å². The van der Waals surface area contributed by atoms with Gasteiger partial charge >= 0.3 is 0 Å². The van der Waals surface area contributed by atoms with Crippen molar-refractivity contribution in [1.29, 1.82) is 0 Å². The van der Waals surface area contributed by atoms with Crippen molar-refractivity contribution in [3.05, 3.63) is 58.4 Å². The predicted molar refractivity (Wildman–Crippen MR) is 144 cm³/mol. The van der Waals surface area contributed by atoms with E-state index in [4.69, 9.17) is 6.42 Å². The van der Waals surface area contributed by atoms with Crippen molar-refractivity contribution in [2.24, 2.45) is 0 Å². The van der Waals surface area contributed by atoms with Crippen LogP contribution in [0.2, 0.25) is 0 Å². The van der Waals surface area contributed by atoms with E-state index in [0.717, 1.165) is 35.3 Å². The topological polar surface area (TPSA) is 74.2 Å². The van der Waals surface area contributed by atoms with Gasteiger partial charge in [0.15, 0.2) is 5.13 Å². The van der Waals surface area contributed by atoms with Crippen LogP contribution in [-0.2, 0) is 4.79 Å². The van der Waals surface area contributed by atoms with Crippen molar-refractivity contribution in [3.63, 3.8) is 0 Å². The SMILES string of the molecule is C#CCCCC(=O)N1CCN(c2cc(Nc3ncc(/C=C/c4cccc(C)c4)s3)nc(C)n2)CC1. The predicted octanol–water partition coefficient (Wildman–Crippen LogP) is 4.92. The van der Waals surface area contributed by atoms with Crippen LogP contribution in [-0.4, -0.2) is 51.9 Å². The lowest BCUT2D eigenvalue weighted by Crippen LogP contribution is -2.49. The third-order valence-corrected chi connectivity index (χ3v) is 6.61. The first-order chi connectivity index (χ1) is 17.0. The molecule has 0 radical (unpaired) electrons. The molecule has 1 amide bonds. The van der Waals surface area contributed by atoms with Crippen molar-refractivity contribution in [1.82, 2.24) is 19.9 Å². The maximum absolute atomic E-state index is 12.4. The summed E-state index contributed by atoms with van der Waals surface area (Å²) < 4.78 is 0. The van der Waals surface area contributed by atoms with Gasteiger partial charge in [0.2, 0.25) is 5.91 Å². The normalized spacial score (nSPS) is 13.7. The lowest BCUT2D eigenvalue weighted by Gasteiger charge is -2.35. The van der Waals surface area contributed by atoms with Crippen LogP contribution in [0.5, 0.6) is 0 Å². The van der Waals surface area contributed by atoms with E-state index in [0.29, 0.717) is 37.6 Å². The lowest BCUT2D eigenvalue weighted by molar-refractivity contribution is -0.131. The largest absolute Gasteiger partial charge is 0.353 e. The molecule has 7 nitrogen and oxygen atoms in total. The van der Waals surface area contributed by atoms with Gasteiger partial charge in [-0.05, 0) is 31.9 Å². The highest BCUT2D eigenvalue weighted by Gasteiger charge is 2.22. The number of piperazine rings is 1. The summed E-state index contributed by atoms with van der Waals surface area (Å²) in [6, 6.07) is 10.3. The average Bonchev–Trinajstić information content (AvgIpc) is 3.30. The Kier molecular flexibility index (Phi) is 8.11. The summed E-state index contributed by atoms with van der Waals surface area (Å²) in [6.45, 7) is 6.82. The Morgan fingerprint density at radius 1 is 1.17 bits per heavy atom. The lowest BCUT2D eigenvalue weighted by atomic mass is 10.1. The molecule has 4 rings (SSSR count). The number of thiazole rings is 1. The summed E-state index contributed by atoms with van der Waals surface area (Å²) in [6.07, 6.45) is 13.2. The molecule has 3 heterocycles. The van der Waals surface area contributed by atoms with E-state index in [1.807, 2.05) is 24.1 Å². The third-order valence-electron chi connectivity index (χ3n) is 5.73. The summed E-state index contributed by atoms with van der Waals surface area (Å²) in [5.74, 6) is 5.03. The molecule has 1 aliphatic rings. The number of anilines is 3. The van der Waals surface area contributed by atoms with Gasteiger partial charge < -0.3 is 15.1 Å². The van der Waals surface area contributed by atoms with E-state index in [1.54, 1.807) is 11.3 Å². The molecule has 1 saturated heterocycles. The fraction of sp³-hybridized carbons (Fsp3) is 0.333. The molecule has 1 aliphatic heterocycles. The average molecular weight is 487 g/mol. The molecule has 2 aromatic heterocycles. The van der Waals surface area contributed by atoms with Gasteiger partial charge in [-0.3, -0.25) is 4.79 Å². The number of nitrogens with zero attached hydrogens (tertiary/aromatic N) is 5. The number of unbranched alkanes of at least 4 members (excludes halogenated alkanes) is 1. The Bertz CT molecular complexity index is 1240. The van der Waals surface area contributed by atoms with Crippen molar-refractivity contribution in [2.45, 2.75) is 33.1 Å². The number of nitrogens with one attached hydrogen (secondary N) is 1. The zero-order chi connectivity index (χ0) is 24.6. The van der Waals surface area contributed by atoms with Crippen LogP contribution in [0.15, 0.2) is 36.5 Å². The van der Waals surface area contributed by atoms with Crippen molar-refractivity contribution < 1.29 is 4.79 Å². The van der Waals surface area contributed by atoms with Crippen LogP contribution in [0.1, 0.15) is 41.1 Å². The highest BCUT2D eigenvalue weighted by Crippen LogP contribution is 2.25. The van der Waals surface area contributed by atoms with Gasteiger partial charge in [0, 0.05) is 56.2 Å². The molecule has 1 aromatic carbocycles. The number of terminal acetylenes is 1. The Morgan fingerprint density at radius 2 is 2.00 bits per heavy atom. The molecule has 0 unspecified atom stereocenters. The minimum absolute atomic E-state index is 0.178. The quantitative estimate of drug-likeness (QED) is 0.360. The number of hydrogen-bond acceptors (Lipinski definition) is 7. The number of aryl methyl sites for hydroxylation is 2. The number of amides is 1. The maximum Gasteiger partial charge on any atom is 0.222 e. The van der Waals surface area contributed by atoms with E-state index in [9.17, 15) is 4.79 Å². The molecular formula is C27H30N6OS. The zero-order valence-corrected chi connectivity index (χ0v) is 21.0. The van der Waals surface area contributed by atoms with Gasteiger partial charge in [-0.1, -0.05) is 47.2 Å². The van der Waals surface area contributed by atoms with Crippen LogP contribution >= 0.6 is 11.3 Å². The Morgan fingerprint density at radius 3 is 2.77 bits per heavy atom. The Hall–Kier alpha value is -3.70. The number of carbonyl (C=O) groups excluding carboxylic acids is 1. The summed E-state index contributed by atoms with van der Waals surface area (Å²) in [7, 11) is 0.